The third-order valence-electron chi connectivity index (χ3n) is 4.06. The first-order chi connectivity index (χ1) is 13.7. The summed E-state index contributed by atoms with van der Waals surface area (Å²) in [5.41, 5.74) is 1.77. The molecule has 142 valence electrons. The van der Waals surface area contributed by atoms with Crippen molar-refractivity contribution in [3.05, 3.63) is 78.4 Å². The average Bonchev–Trinajstić information content (AvgIpc) is 2.71. The molecule has 0 aliphatic heterocycles. The lowest BCUT2D eigenvalue weighted by Gasteiger charge is -2.09. The van der Waals surface area contributed by atoms with Crippen LogP contribution in [0.3, 0.4) is 0 Å². The van der Waals surface area contributed by atoms with Gasteiger partial charge in [0.1, 0.15) is 5.75 Å². The van der Waals surface area contributed by atoms with Gasteiger partial charge in [0.05, 0.1) is 6.61 Å². The van der Waals surface area contributed by atoms with Crippen molar-refractivity contribution in [3.8, 4) is 5.75 Å². The summed E-state index contributed by atoms with van der Waals surface area (Å²) in [6.07, 6.45) is 4.24. The molecule has 2 N–H and O–H groups in total. The molecule has 0 fully saturated rings. The number of rotatable bonds is 6. The zero-order chi connectivity index (χ0) is 19.8. The zero-order valence-electron chi connectivity index (χ0n) is 15.6. The van der Waals surface area contributed by atoms with Gasteiger partial charge in [0.2, 0.25) is 5.91 Å². The lowest BCUT2D eigenvalue weighted by atomic mass is 10.0. The predicted octanol–water partition coefficient (Wildman–Crippen LogP) is 5.16. The average molecular weight is 391 g/mol. The fourth-order valence-corrected chi connectivity index (χ4v) is 2.95. The van der Waals surface area contributed by atoms with Crippen molar-refractivity contribution in [1.29, 1.82) is 0 Å². The molecule has 0 saturated carbocycles. The summed E-state index contributed by atoms with van der Waals surface area (Å²) in [6, 6.07) is 21.5. The molecule has 0 bridgehead atoms. The number of carbonyl (C=O) groups is 1. The van der Waals surface area contributed by atoms with Gasteiger partial charge in [-0.05, 0) is 65.3 Å². The van der Waals surface area contributed by atoms with Gasteiger partial charge in [0, 0.05) is 11.8 Å². The Hall–Kier alpha value is -3.18. The third kappa shape index (κ3) is 5.41. The molecule has 5 heteroatoms. The van der Waals surface area contributed by atoms with E-state index in [9.17, 15) is 4.79 Å². The van der Waals surface area contributed by atoms with Gasteiger partial charge >= 0.3 is 0 Å². The lowest BCUT2D eigenvalue weighted by Crippen LogP contribution is -2.32. The highest BCUT2D eigenvalue weighted by molar-refractivity contribution is 7.80. The van der Waals surface area contributed by atoms with Crippen molar-refractivity contribution in [2.45, 2.75) is 13.3 Å². The van der Waals surface area contributed by atoms with Gasteiger partial charge in [-0.3, -0.25) is 10.1 Å². The number of benzene rings is 3. The Morgan fingerprint density at radius 3 is 2.57 bits per heavy atom. The first-order valence-electron chi connectivity index (χ1n) is 9.16. The van der Waals surface area contributed by atoms with E-state index in [-0.39, 0.29) is 11.0 Å². The third-order valence-corrected chi connectivity index (χ3v) is 4.26. The van der Waals surface area contributed by atoms with Gasteiger partial charge in [-0.25, -0.2) is 0 Å². The molecule has 0 radical (unpaired) electrons. The quantitative estimate of drug-likeness (QED) is 0.451. The maximum absolute atomic E-state index is 12.2. The molecule has 4 nitrogen and oxygen atoms in total. The van der Waals surface area contributed by atoms with Crippen LogP contribution in [0.4, 0.5) is 5.69 Å². The SMILES string of the molecule is CCCOc1ccc(NC(=S)NC(=O)C=Cc2cccc3ccccc23)cc1. The van der Waals surface area contributed by atoms with Gasteiger partial charge in [0.15, 0.2) is 5.11 Å². The summed E-state index contributed by atoms with van der Waals surface area (Å²) in [6.45, 7) is 2.75. The van der Waals surface area contributed by atoms with Crippen LogP contribution in [0.5, 0.6) is 5.75 Å². The summed E-state index contributed by atoms with van der Waals surface area (Å²) < 4.78 is 5.54. The van der Waals surface area contributed by atoms with E-state index in [1.54, 1.807) is 6.08 Å². The van der Waals surface area contributed by atoms with Crippen LogP contribution in [0.15, 0.2) is 72.8 Å². The monoisotopic (exact) mass is 390 g/mol. The summed E-state index contributed by atoms with van der Waals surface area (Å²) >= 11 is 5.21. The Kier molecular flexibility index (Phi) is 6.76. The number of nitrogens with one attached hydrogen (secondary N) is 2. The van der Waals surface area contributed by atoms with Gasteiger partial charge in [-0.1, -0.05) is 49.4 Å². The summed E-state index contributed by atoms with van der Waals surface area (Å²) in [4.78, 5) is 12.2. The van der Waals surface area contributed by atoms with Crippen LogP contribution in [0.1, 0.15) is 18.9 Å². The first-order valence-corrected chi connectivity index (χ1v) is 9.57. The number of thiocarbonyl (C=S) groups is 1. The highest BCUT2D eigenvalue weighted by Gasteiger charge is 2.03. The van der Waals surface area contributed by atoms with Crippen molar-refractivity contribution in [2.75, 3.05) is 11.9 Å². The molecule has 0 aromatic heterocycles. The fourth-order valence-electron chi connectivity index (χ4n) is 2.73. The number of hydrogen-bond acceptors (Lipinski definition) is 3. The molecule has 3 aromatic rings. The van der Waals surface area contributed by atoms with Crippen LogP contribution in [-0.2, 0) is 4.79 Å². The van der Waals surface area contributed by atoms with E-state index in [1.165, 1.54) is 6.08 Å². The molecule has 0 saturated heterocycles. The summed E-state index contributed by atoms with van der Waals surface area (Å²) in [5, 5.41) is 8.13. The second kappa shape index (κ2) is 9.67. The van der Waals surface area contributed by atoms with Crippen molar-refractivity contribution in [3.63, 3.8) is 0 Å². The molecule has 0 spiro atoms. The number of anilines is 1. The lowest BCUT2D eigenvalue weighted by molar-refractivity contribution is -0.115. The van der Waals surface area contributed by atoms with Crippen molar-refractivity contribution in [2.24, 2.45) is 0 Å². The second-order valence-corrected chi connectivity index (χ2v) is 6.63. The Labute approximate surface area is 170 Å². The number of amides is 1. The van der Waals surface area contributed by atoms with Crippen molar-refractivity contribution in [1.82, 2.24) is 5.32 Å². The number of carbonyl (C=O) groups excluding carboxylic acids is 1. The predicted molar refractivity (Wildman–Crippen MR) is 120 cm³/mol. The van der Waals surface area contributed by atoms with Crippen LogP contribution >= 0.6 is 12.2 Å². The normalized spacial score (nSPS) is 10.8. The van der Waals surface area contributed by atoms with Gasteiger partial charge < -0.3 is 10.1 Å². The molecule has 3 aromatic carbocycles. The fraction of sp³-hybridized carbons (Fsp3) is 0.130. The van der Waals surface area contributed by atoms with E-state index in [0.29, 0.717) is 6.61 Å². The Balaban J connectivity index is 1.56. The molecule has 0 atom stereocenters. The Morgan fingerprint density at radius 2 is 1.79 bits per heavy atom. The van der Waals surface area contributed by atoms with Crippen molar-refractivity contribution < 1.29 is 9.53 Å². The zero-order valence-corrected chi connectivity index (χ0v) is 16.5. The van der Waals surface area contributed by atoms with E-state index in [0.717, 1.165) is 34.2 Å². The highest BCUT2D eigenvalue weighted by atomic mass is 32.1. The molecule has 0 aliphatic carbocycles. The highest BCUT2D eigenvalue weighted by Crippen LogP contribution is 2.19. The molecule has 0 unspecified atom stereocenters. The minimum Gasteiger partial charge on any atom is -0.494 e. The molecule has 1 amide bonds. The van der Waals surface area contributed by atoms with E-state index in [4.69, 9.17) is 17.0 Å². The van der Waals surface area contributed by atoms with Crippen LogP contribution in [0, 0.1) is 0 Å². The number of hydrogen-bond donors (Lipinski definition) is 2. The van der Waals surface area contributed by atoms with Crippen LogP contribution in [-0.4, -0.2) is 17.6 Å². The smallest absolute Gasteiger partial charge is 0.250 e. The van der Waals surface area contributed by atoms with Crippen LogP contribution in [0.2, 0.25) is 0 Å². The minimum atomic E-state index is -0.284. The van der Waals surface area contributed by atoms with Gasteiger partial charge in [-0.15, -0.1) is 0 Å². The molecule has 3 rings (SSSR count). The summed E-state index contributed by atoms with van der Waals surface area (Å²) in [5.74, 6) is 0.522. The molecule has 28 heavy (non-hydrogen) atoms. The maximum Gasteiger partial charge on any atom is 0.250 e. The van der Waals surface area contributed by atoms with E-state index in [2.05, 4.69) is 17.6 Å². The van der Waals surface area contributed by atoms with Crippen LogP contribution < -0.4 is 15.4 Å². The van der Waals surface area contributed by atoms with E-state index in [1.807, 2.05) is 66.7 Å². The second-order valence-electron chi connectivity index (χ2n) is 6.22. The van der Waals surface area contributed by atoms with E-state index < -0.39 is 0 Å². The molecular formula is C23H22N2O2S. The minimum absolute atomic E-state index is 0.245. The first kappa shape index (κ1) is 19.6. The molecule has 0 aliphatic rings. The summed E-state index contributed by atoms with van der Waals surface area (Å²) in [7, 11) is 0. The molecule has 0 heterocycles. The maximum atomic E-state index is 12.2. The van der Waals surface area contributed by atoms with Crippen molar-refractivity contribution >= 4 is 45.8 Å². The number of ether oxygens (including phenoxy) is 1. The standard InChI is InChI=1S/C23H22N2O2S/c1-2-16-27-20-13-11-19(12-14-20)24-23(28)25-22(26)15-10-18-8-5-7-17-6-3-4-9-21(17)18/h3-15H,2,16H2,1H3,(H2,24,25,26,28). The Morgan fingerprint density at radius 1 is 1.04 bits per heavy atom. The van der Waals surface area contributed by atoms with Gasteiger partial charge in [-0.2, -0.15) is 0 Å². The van der Waals surface area contributed by atoms with E-state index >= 15 is 0 Å². The van der Waals surface area contributed by atoms with Gasteiger partial charge in [0.25, 0.3) is 0 Å². The topological polar surface area (TPSA) is 50.4 Å². The van der Waals surface area contributed by atoms with Crippen LogP contribution in [0.25, 0.3) is 16.8 Å². The molecular weight excluding hydrogens is 368 g/mol. The number of fused-ring (bicyclic) bond motifs is 1. The Bertz CT molecular complexity index is 992. The largest absolute Gasteiger partial charge is 0.494 e.